The van der Waals surface area contributed by atoms with Gasteiger partial charge >= 0.3 is 0 Å². The minimum atomic E-state index is 0.261. The second kappa shape index (κ2) is 4.91. The Morgan fingerprint density at radius 1 is 1.11 bits per heavy atom. The topological polar surface area (TPSA) is 26.3 Å². The summed E-state index contributed by atoms with van der Waals surface area (Å²) < 4.78 is 6.73. The van der Waals surface area contributed by atoms with Crippen LogP contribution in [0.4, 0.5) is 0 Å². The molecule has 0 radical (unpaired) electrons. The van der Waals surface area contributed by atoms with E-state index >= 15 is 0 Å². The molecule has 2 heteroatoms. The summed E-state index contributed by atoms with van der Waals surface area (Å²) >= 11 is 0. The van der Waals surface area contributed by atoms with E-state index in [1.54, 1.807) is 5.57 Å². The fourth-order valence-corrected chi connectivity index (χ4v) is 10.1. The summed E-state index contributed by atoms with van der Waals surface area (Å²) in [6.45, 7) is 3.51. The van der Waals surface area contributed by atoms with Crippen LogP contribution in [0.1, 0.15) is 77.6 Å². The van der Waals surface area contributed by atoms with E-state index in [1.165, 1.54) is 57.8 Å². The van der Waals surface area contributed by atoms with Crippen LogP contribution >= 0.6 is 0 Å². The van der Waals surface area contributed by atoms with E-state index in [-0.39, 0.29) is 5.60 Å². The van der Waals surface area contributed by atoms with Crippen molar-refractivity contribution in [2.45, 2.75) is 83.2 Å². The van der Waals surface area contributed by atoms with Gasteiger partial charge in [-0.1, -0.05) is 12.5 Å². The normalized spacial score (nSPS) is 56.3. The van der Waals surface area contributed by atoms with Crippen molar-refractivity contribution in [2.24, 2.45) is 46.3 Å². The number of rotatable bonds is 1. The fourth-order valence-electron chi connectivity index (χ4n) is 10.1. The van der Waals surface area contributed by atoms with Gasteiger partial charge in [0.25, 0.3) is 0 Å². The minimum Gasteiger partial charge on any atom is -0.374 e. The number of hydrogen-bond acceptors (Lipinski definition) is 2. The average molecular weight is 367 g/mol. The van der Waals surface area contributed by atoms with Crippen LogP contribution in [-0.4, -0.2) is 18.0 Å². The van der Waals surface area contributed by atoms with E-state index in [1.807, 2.05) is 0 Å². The van der Waals surface area contributed by atoms with E-state index in [0.717, 1.165) is 55.0 Å². The van der Waals surface area contributed by atoms with Crippen LogP contribution in [0.2, 0.25) is 0 Å². The molecule has 2 nitrogen and oxygen atoms in total. The van der Waals surface area contributed by atoms with Gasteiger partial charge in [-0.05, 0) is 111 Å². The maximum absolute atomic E-state index is 12.2. The Labute approximate surface area is 163 Å². The van der Waals surface area contributed by atoms with Gasteiger partial charge in [-0.25, -0.2) is 0 Å². The molecule has 6 aliphatic carbocycles. The number of allylic oxidation sites excluding steroid dienone is 1. The lowest BCUT2D eigenvalue weighted by atomic mass is 9.46. The van der Waals surface area contributed by atoms with Crippen molar-refractivity contribution < 1.29 is 9.53 Å². The molecule has 27 heavy (non-hydrogen) atoms. The number of carbonyl (C=O) groups is 1. The molecule has 0 bridgehead atoms. The highest BCUT2D eigenvalue weighted by Gasteiger charge is 2.78. The maximum atomic E-state index is 12.2. The maximum Gasteiger partial charge on any atom is 0.155 e. The second-order valence-corrected chi connectivity index (χ2v) is 11.4. The first-order valence-electron chi connectivity index (χ1n) is 12.0. The minimum absolute atomic E-state index is 0.261. The zero-order valence-electron chi connectivity index (χ0n) is 16.8. The van der Waals surface area contributed by atoms with Crippen molar-refractivity contribution in [1.29, 1.82) is 0 Å². The predicted octanol–water partition coefficient (Wildman–Crippen LogP) is 5.31. The Hall–Kier alpha value is -0.630. The number of ether oxygens (including phenoxy) is 1. The molecule has 3 unspecified atom stereocenters. The summed E-state index contributed by atoms with van der Waals surface area (Å²) in [4.78, 5) is 12.2. The largest absolute Gasteiger partial charge is 0.374 e. The van der Waals surface area contributed by atoms with Gasteiger partial charge in [-0.15, -0.1) is 0 Å². The van der Waals surface area contributed by atoms with Gasteiger partial charge in [0.1, 0.15) is 0 Å². The summed E-state index contributed by atoms with van der Waals surface area (Å²) in [5, 5.41) is 0. The van der Waals surface area contributed by atoms with Crippen molar-refractivity contribution >= 4 is 5.78 Å². The molecule has 1 saturated heterocycles. The first-order chi connectivity index (χ1) is 13.1. The van der Waals surface area contributed by atoms with Gasteiger partial charge < -0.3 is 4.74 Å². The fraction of sp³-hybridized carbons (Fsp3) is 0.880. The summed E-state index contributed by atoms with van der Waals surface area (Å²) in [7, 11) is 0. The lowest BCUT2D eigenvalue weighted by Gasteiger charge is -2.60. The van der Waals surface area contributed by atoms with Crippen LogP contribution < -0.4 is 0 Å². The Morgan fingerprint density at radius 3 is 2.74 bits per heavy atom. The van der Waals surface area contributed by atoms with Crippen LogP contribution in [-0.2, 0) is 9.53 Å². The van der Waals surface area contributed by atoms with Crippen molar-refractivity contribution in [1.82, 2.24) is 0 Å². The number of hydrogen-bond donors (Lipinski definition) is 0. The molecule has 8 atom stereocenters. The highest BCUT2D eigenvalue weighted by atomic mass is 16.5. The molecule has 7 rings (SSSR count). The summed E-state index contributed by atoms with van der Waals surface area (Å²) in [6.07, 6.45) is 16.5. The molecule has 0 aromatic heterocycles. The quantitative estimate of drug-likeness (QED) is 0.628. The van der Waals surface area contributed by atoms with E-state index in [0.29, 0.717) is 16.6 Å². The zero-order valence-corrected chi connectivity index (χ0v) is 16.8. The molecule has 6 fully saturated rings. The van der Waals surface area contributed by atoms with Gasteiger partial charge in [0.2, 0.25) is 0 Å². The molecule has 0 aromatic carbocycles. The first kappa shape index (κ1) is 16.2. The van der Waals surface area contributed by atoms with Crippen LogP contribution in [0.5, 0.6) is 0 Å². The van der Waals surface area contributed by atoms with Crippen LogP contribution in [0.15, 0.2) is 11.6 Å². The third-order valence-corrected chi connectivity index (χ3v) is 11.0. The van der Waals surface area contributed by atoms with E-state index in [9.17, 15) is 4.79 Å². The molecule has 0 N–H and O–H groups in total. The zero-order chi connectivity index (χ0) is 18.0. The van der Waals surface area contributed by atoms with E-state index < -0.39 is 0 Å². The average Bonchev–Trinajstić information content (AvgIpc) is 3.58. The number of fused-ring (bicyclic) bond motifs is 10. The lowest BCUT2D eigenvalue weighted by molar-refractivity contribution is -0.162. The van der Waals surface area contributed by atoms with Crippen molar-refractivity contribution in [3.8, 4) is 0 Å². The highest BCUT2D eigenvalue weighted by molar-refractivity contribution is 5.91. The first-order valence-corrected chi connectivity index (χ1v) is 12.0. The molecule has 1 heterocycles. The molecule has 1 aliphatic heterocycles. The van der Waals surface area contributed by atoms with E-state index in [4.69, 9.17) is 4.74 Å². The molecule has 7 aliphatic rings. The third kappa shape index (κ3) is 1.73. The van der Waals surface area contributed by atoms with Gasteiger partial charge in [0, 0.05) is 18.4 Å². The summed E-state index contributed by atoms with van der Waals surface area (Å²) in [5.74, 6) is 5.77. The molecule has 5 saturated carbocycles. The Balaban J connectivity index is 1.33. The summed E-state index contributed by atoms with van der Waals surface area (Å²) in [6, 6.07) is 0. The van der Waals surface area contributed by atoms with E-state index in [2.05, 4.69) is 13.0 Å². The Morgan fingerprint density at radius 2 is 2.00 bits per heavy atom. The van der Waals surface area contributed by atoms with Crippen molar-refractivity contribution in [3.63, 3.8) is 0 Å². The molecule has 0 amide bonds. The van der Waals surface area contributed by atoms with Gasteiger partial charge in [-0.2, -0.15) is 0 Å². The van der Waals surface area contributed by atoms with Crippen molar-refractivity contribution in [3.05, 3.63) is 11.6 Å². The molecular formula is C25H34O2. The van der Waals surface area contributed by atoms with Crippen LogP contribution in [0, 0.1) is 46.3 Å². The Bertz CT molecular complexity index is 739. The standard InChI is InChI=1S/C25H34O2/c1-2-24-8-6-16-17-5-4-15(26)12-20(17)23(9-10-23)14-19(16)22(24)18-13-21(18)25(24)7-3-11-27-25/h12,16-19,21-22H,2-11,13-14H2,1H3/t16?,17-,18-,19?,21+,22?,24+,25+/m1/s1. The number of carbonyl (C=O) groups excluding carboxylic acids is 1. The third-order valence-electron chi connectivity index (χ3n) is 11.0. The molecular weight excluding hydrogens is 332 g/mol. The van der Waals surface area contributed by atoms with Crippen LogP contribution in [0.25, 0.3) is 0 Å². The molecule has 0 aromatic rings. The highest BCUT2D eigenvalue weighted by Crippen LogP contribution is 2.81. The number of ketones is 1. The summed E-state index contributed by atoms with van der Waals surface area (Å²) in [5.41, 5.74) is 2.83. The molecule has 2 spiro atoms. The van der Waals surface area contributed by atoms with Gasteiger partial charge in [0.05, 0.1) is 5.60 Å². The van der Waals surface area contributed by atoms with Gasteiger partial charge in [-0.3, -0.25) is 4.79 Å². The smallest absolute Gasteiger partial charge is 0.155 e. The lowest BCUT2D eigenvalue weighted by Crippen LogP contribution is -2.57. The Kier molecular flexibility index (Phi) is 2.95. The van der Waals surface area contributed by atoms with Gasteiger partial charge in [0.15, 0.2) is 5.78 Å². The predicted molar refractivity (Wildman–Crippen MR) is 104 cm³/mol. The van der Waals surface area contributed by atoms with Crippen molar-refractivity contribution in [2.75, 3.05) is 6.61 Å². The second-order valence-electron chi connectivity index (χ2n) is 11.4. The molecule has 146 valence electrons. The SMILES string of the molecule is CC[C@]12CCC3C(CC4(CC4)C4=CC(=O)CC[C@@H]43)C1[C@@H]1C[C@@H]1[C@@]21CCCO1. The monoisotopic (exact) mass is 366 g/mol. The van der Waals surface area contributed by atoms with Crippen LogP contribution in [0.3, 0.4) is 0 Å².